The Morgan fingerprint density at radius 1 is 0.615 bits per heavy atom. The van der Waals surface area contributed by atoms with Gasteiger partial charge in [-0.2, -0.15) is 4.31 Å². The number of carbonyl (C=O) groups is 2. The number of ether oxygens (including phenoxy) is 4. The van der Waals surface area contributed by atoms with Crippen molar-refractivity contribution in [3.8, 4) is 11.5 Å². The molecule has 0 saturated carbocycles. The third kappa shape index (κ3) is 11.7. The number of sulfonamides is 1. The molecule has 5 aromatic rings. The zero-order valence-corrected chi connectivity index (χ0v) is 33.7. The maximum Gasteiger partial charge on any atom is 0.337 e. The Morgan fingerprint density at radius 3 is 1.58 bits per heavy atom. The highest BCUT2D eigenvalue weighted by Crippen LogP contribution is 2.29. The van der Waals surface area contributed by atoms with Crippen molar-refractivity contribution in [1.29, 1.82) is 0 Å². The minimum Gasteiger partial charge on any atom is -0.497 e. The minimum atomic E-state index is -3.98. The van der Waals surface area contributed by atoms with Gasteiger partial charge in [0.05, 0.1) is 44.5 Å². The maximum absolute atomic E-state index is 13.7. The first-order chi connectivity index (χ1) is 24.9. The normalized spacial score (nSPS) is 10.9. The van der Waals surface area contributed by atoms with E-state index in [9.17, 15) is 18.0 Å². The summed E-state index contributed by atoms with van der Waals surface area (Å²) in [5.41, 5.74) is 3.53. The largest absolute Gasteiger partial charge is 0.497 e. The molecule has 9 nitrogen and oxygen atoms in total. The minimum absolute atomic E-state index is 0.0145. The van der Waals surface area contributed by atoms with Crippen molar-refractivity contribution < 1.29 is 37.0 Å². The van der Waals surface area contributed by atoms with Gasteiger partial charge in [-0.25, -0.2) is 18.0 Å². The molecule has 0 bridgehead atoms. The topological polar surface area (TPSA) is 108 Å². The molecule has 0 spiro atoms. The van der Waals surface area contributed by atoms with E-state index in [2.05, 4.69) is 44.0 Å². The summed E-state index contributed by atoms with van der Waals surface area (Å²) >= 11 is 8.41. The molecule has 5 aromatic carbocycles. The third-order valence-corrected chi connectivity index (χ3v) is 11.2. The van der Waals surface area contributed by atoms with Crippen LogP contribution in [0, 0.1) is 0 Å². The predicted octanol–water partition coefficient (Wildman–Crippen LogP) is 9.17. The Labute approximate surface area is 325 Å². The number of rotatable bonds is 13. The molecule has 0 aromatic heterocycles. The van der Waals surface area contributed by atoms with E-state index in [1.807, 2.05) is 54.6 Å². The van der Waals surface area contributed by atoms with Gasteiger partial charge in [-0.05, 0) is 77.4 Å². The Balaban J connectivity index is 0.000000269. The first-order valence-corrected chi connectivity index (χ1v) is 19.7. The van der Waals surface area contributed by atoms with E-state index >= 15 is 0 Å². The zero-order chi connectivity index (χ0) is 37.7. The Hall–Kier alpha value is -4.14. The molecule has 0 atom stereocenters. The quantitative estimate of drug-likeness (QED) is 0.0846. The molecule has 0 aliphatic carbocycles. The van der Waals surface area contributed by atoms with Crippen LogP contribution >= 0.6 is 43.6 Å². The van der Waals surface area contributed by atoms with Crippen LogP contribution in [-0.4, -0.2) is 53.1 Å². The van der Waals surface area contributed by atoms with Crippen LogP contribution < -0.4 is 9.47 Å². The van der Waals surface area contributed by atoms with Gasteiger partial charge in [0.1, 0.15) is 11.5 Å². The van der Waals surface area contributed by atoms with Gasteiger partial charge in [-0.15, -0.1) is 11.8 Å². The smallest absolute Gasteiger partial charge is 0.337 e. The Bertz CT molecular complexity index is 2010. The summed E-state index contributed by atoms with van der Waals surface area (Å²) in [4.78, 5) is 24.6. The molecule has 5 rings (SSSR count). The molecule has 0 fully saturated rings. The molecule has 13 heteroatoms. The van der Waals surface area contributed by atoms with Gasteiger partial charge in [-0.3, -0.25) is 0 Å². The summed E-state index contributed by atoms with van der Waals surface area (Å²) < 4.78 is 50.0. The molecule has 0 saturated heterocycles. The van der Waals surface area contributed by atoms with E-state index in [1.165, 1.54) is 42.3 Å². The number of benzene rings is 5. The maximum atomic E-state index is 13.7. The van der Waals surface area contributed by atoms with Crippen molar-refractivity contribution in [2.75, 3.05) is 28.4 Å². The second kappa shape index (κ2) is 19.6. The van der Waals surface area contributed by atoms with Crippen molar-refractivity contribution >= 4 is 65.6 Å². The fraction of sp³-hybridized carbons (Fsp3) is 0.179. The number of hydrogen-bond donors (Lipinski definition) is 0. The summed E-state index contributed by atoms with van der Waals surface area (Å²) in [7, 11) is 1.80. The van der Waals surface area contributed by atoms with Crippen molar-refractivity contribution in [3.63, 3.8) is 0 Å². The summed E-state index contributed by atoms with van der Waals surface area (Å²) in [6.45, 7) is 0.247. The summed E-state index contributed by atoms with van der Waals surface area (Å²) in [5.74, 6) is 1.29. The predicted molar refractivity (Wildman–Crippen MR) is 209 cm³/mol. The van der Waals surface area contributed by atoms with Crippen LogP contribution in [-0.2, 0) is 38.3 Å². The molecule has 0 heterocycles. The van der Waals surface area contributed by atoms with E-state index in [1.54, 1.807) is 56.3 Å². The molecular weight excluding hydrogens is 834 g/mol. The fourth-order valence-electron chi connectivity index (χ4n) is 4.81. The second-order valence-corrected chi connectivity index (χ2v) is 15.9. The molecule has 0 N–H and O–H groups in total. The monoisotopic (exact) mass is 869 g/mol. The van der Waals surface area contributed by atoms with Gasteiger partial charge in [-0.1, -0.05) is 86.5 Å². The molecule has 0 amide bonds. The number of nitrogens with zero attached hydrogens (tertiary/aromatic N) is 1. The lowest BCUT2D eigenvalue weighted by Crippen LogP contribution is -2.30. The number of esters is 2. The van der Waals surface area contributed by atoms with Crippen LogP contribution in [0.3, 0.4) is 0 Å². The van der Waals surface area contributed by atoms with Crippen molar-refractivity contribution in [3.05, 3.63) is 152 Å². The second-order valence-electron chi connectivity index (χ2n) is 11.1. The van der Waals surface area contributed by atoms with E-state index in [-0.39, 0.29) is 29.5 Å². The van der Waals surface area contributed by atoms with Crippen LogP contribution in [0.25, 0.3) is 0 Å². The molecule has 0 radical (unpaired) electrons. The number of thioether (sulfide) groups is 1. The fourth-order valence-corrected chi connectivity index (χ4v) is 8.54. The van der Waals surface area contributed by atoms with Gasteiger partial charge in [0.2, 0.25) is 10.0 Å². The van der Waals surface area contributed by atoms with Gasteiger partial charge >= 0.3 is 11.9 Å². The summed E-state index contributed by atoms with van der Waals surface area (Å²) in [5, 5.41) is 0. The van der Waals surface area contributed by atoms with Crippen LogP contribution in [0.5, 0.6) is 11.5 Å². The molecule has 272 valence electrons. The molecule has 0 unspecified atom stereocenters. The van der Waals surface area contributed by atoms with E-state index in [0.717, 1.165) is 26.2 Å². The van der Waals surface area contributed by atoms with Crippen LogP contribution in [0.4, 0.5) is 0 Å². The lowest BCUT2D eigenvalue weighted by Gasteiger charge is -2.23. The lowest BCUT2D eigenvalue weighted by atomic mass is 10.2. The number of halogens is 2. The molecule has 0 aliphatic rings. The first kappa shape index (κ1) is 40.6. The number of methoxy groups -OCH3 is 4. The van der Waals surface area contributed by atoms with Gasteiger partial charge in [0.25, 0.3) is 0 Å². The van der Waals surface area contributed by atoms with E-state index in [0.29, 0.717) is 21.5 Å². The van der Waals surface area contributed by atoms with Gasteiger partial charge < -0.3 is 18.9 Å². The SMILES string of the molecule is COC(=O)c1cc(Br)cc(S(=O)(=O)N(Cc2ccc(OC)cc2)Cc2ccc(OC)cc2)c1.COC(=O)c1cc(Br)cc(SCc2ccccc2)c1. The highest BCUT2D eigenvalue weighted by Gasteiger charge is 2.27. The average molecular weight is 872 g/mol. The highest BCUT2D eigenvalue weighted by molar-refractivity contribution is 9.10. The van der Waals surface area contributed by atoms with E-state index < -0.39 is 16.0 Å². The third-order valence-electron chi connectivity index (χ3n) is 7.51. The molecular formula is C39H37Br2NO8S2. The van der Waals surface area contributed by atoms with Crippen LogP contribution in [0.15, 0.2) is 134 Å². The first-order valence-electron chi connectivity index (χ1n) is 15.7. The Morgan fingerprint density at radius 2 is 1.10 bits per heavy atom. The van der Waals surface area contributed by atoms with Crippen molar-refractivity contribution in [1.82, 2.24) is 4.31 Å². The number of carbonyl (C=O) groups excluding carboxylic acids is 2. The molecule has 0 aliphatic heterocycles. The van der Waals surface area contributed by atoms with E-state index in [4.69, 9.17) is 18.9 Å². The lowest BCUT2D eigenvalue weighted by molar-refractivity contribution is 0.0591. The van der Waals surface area contributed by atoms with Gasteiger partial charge in [0, 0.05) is 32.7 Å². The van der Waals surface area contributed by atoms with Crippen molar-refractivity contribution in [2.45, 2.75) is 28.6 Å². The zero-order valence-electron chi connectivity index (χ0n) is 28.9. The van der Waals surface area contributed by atoms with Crippen LogP contribution in [0.2, 0.25) is 0 Å². The van der Waals surface area contributed by atoms with Gasteiger partial charge in [0.15, 0.2) is 0 Å². The summed E-state index contributed by atoms with van der Waals surface area (Å²) in [6.07, 6.45) is 0. The number of hydrogen-bond acceptors (Lipinski definition) is 9. The summed E-state index contributed by atoms with van der Waals surface area (Å²) in [6, 6.07) is 34.5. The molecule has 52 heavy (non-hydrogen) atoms. The highest BCUT2D eigenvalue weighted by atomic mass is 79.9. The average Bonchev–Trinajstić information content (AvgIpc) is 3.17. The Kier molecular flexibility index (Phi) is 15.3. The standard InChI is InChI=1S/C24H24BrNO6S.C15H13BrO2S/c1-30-21-8-4-17(5-9-21)15-26(16-18-6-10-22(31-2)11-7-18)33(28,29)23-13-19(24(27)32-3)12-20(25)14-23;1-18-15(17)12-7-13(16)9-14(8-12)19-10-11-5-3-2-4-6-11/h4-14H,15-16H2,1-3H3;2-9H,10H2,1H3. The van der Waals surface area contributed by atoms with Crippen molar-refractivity contribution in [2.24, 2.45) is 0 Å². The van der Waals surface area contributed by atoms with Crippen LogP contribution in [0.1, 0.15) is 37.4 Å².